The van der Waals surface area contributed by atoms with E-state index in [1.807, 2.05) is 19.1 Å². The van der Waals surface area contributed by atoms with Crippen LogP contribution in [0, 0.1) is 0 Å². The van der Waals surface area contributed by atoms with Crippen LogP contribution in [0.5, 0.6) is 0 Å². The molecule has 0 aliphatic carbocycles. The van der Waals surface area contributed by atoms with Gasteiger partial charge in [0.15, 0.2) is 0 Å². The van der Waals surface area contributed by atoms with Gasteiger partial charge in [0.05, 0.1) is 0 Å². The largest absolute Gasteiger partial charge is 0.384 e. The van der Waals surface area contributed by atoms with E-state index < -0.39 is 0 Å². The monoisotopic (exact) mass is 256 g/mol. The Bertz CT molecular complexity index is 564. The molecule has 2 rings (SSSR count). The first-order valence-corrected chi connectivity index (χ1v) is 6.59. The van der Waals surface area contributed by atoms with Crippen LogP contribution in [-0.2, 0) is 6.42 Å². The number of nitrogen functional groups attached to an aromatic ring is 1. The summed E-state index contributed by atoms with van der Waals surface area (Å²) < 4.78 is 0. The first-order valence-electron chi connectivity index (χ1n) is 6.59. The third-order valence-corrected chi connectivity index (χ3v) is 2.93. The number of aryl methyl sites for hydroxylation is 1. The highest BCUT2D eigenvalue weighted by molar-refractivity contribution is 5.59. The average Bonchev–Trinajstić information content (AvgIpc) is 2.38. The van der Waals surface area contributed by atoms with Crippen LogP contribution in [0.2, 0.25) is 0 Å². The summed E-state index contributed by atoms with van der Waals surface area (Å²) in [7, 11) is 0. The molecule has 100 valence electrons. The first kappa shape index (κ1) is 13.3. The van der Waals surface area contributed by atoms with E-state index in [1.165, 1.54) is 5.56 Å². The molecule has 4 heteroatoms. The highest BCUT2D eigenvalue weighted by Crippen LogP contribution is 2.21. The van der Waals surface area contributed by atoms with Crippen molar-refractivity contribution in [1.29, 1.82) is 0 Å². The molecular weight excluding hydrogens is 236 g/mol. The lowest BCUT2D eigenvalue weighted by Gasteiger charge is -2.11. The van der Waals surface area contributed by atoms with Gasteiger partial charge >= 0.3 is 0 Å². The maximum absolute atomic E-state index is 5.78. The standard InChI is InChI=1S/C15H20N4/c1-4-14-18-13(16)9-15(19-14)17-12-7-5-6-11(8-12)10(2)3/h5-10H,4H2,1-3H3,(H3,16,17,18,19). The zero-order valence-electron chi connectivity index (χ0n) is 11.6. The molecule has 1 aromatic carbocycles. The van der Waals surface area contributed by atoms with Gasteiger partial charge in [-0.3, -0.25) is 0 Å². The Morgan fingerprint density at radius 2 is 2.00 bits per heavy atom. The molecule has 0 unspecified atom stereocenters. The van der Waals surface area contributed by atoms with Gasteiger partial charge in [0.25, 0.3) is 0 Å². The van der Waals surface area contributed by atoms with Gasteiger partial charge in [-0.25, -0.2) is 9.97 Å². The van der Waals surface area contributed by atoms with Crippen LogP contribution in [-0.4, -0.2) is 9.97 Å². The Hall–Kier alpha value is -2.10. The van der Waals surface area contributed by atoms with Gasteiger partial charge in [-0.15, -0.1) is 0 Å². The number of benzene rings is 1. The van der Waals surface area contributed by atoms with E-state index in [9.17, 15) is 0 Å². The van der Waals surface area contributed by atoms with Crippen LogP contribution in [0.15, 0.2) is 30.3 Å². The molecule has 0 atom stereocenters. The van der Waals surface area contributed by atoms with Gasteiger partial charge in [0, 0.05) is 18.2 Å². The average molecular weight is 256 g/mol. The summed E-state index contributed by atoms with van der Waals surface area (Å²) in [5, 5.41) is 3.28. The number of nitrogens with one attached hydrogen (secondary N) is 1. The number of rotatable bonds is 4. The smallest absolute Gasteiger partial charge is 0.136 e. The van der Waals surface area contributed by atoms with Crippen molar-refractivity contribution in [3.8, 4) is 0 Å². The maximum atomic E-state index is 5.78. The minimum absolute atomic E-state index is 0.495. The SMILES string of the molecule is CCc1nc(N)cc(Nc2cccc(C(C)C)c2)n1. The quantitative estimate of drug-likeness (QED) is 0.879. The van der Waals surface area contributed by atoms with Crippen molar-refractivity contribution in [1.82, 2.24) is 9.97 Å². The summed E-state index contributed by atoms with van der Waals surface area (Å²) in [6.45, 7) is 6.37. The van der Waals surface area contributed by atoms with E-state index in [0.29, 0.717) is 11.7 Å². The third kappa shape index (κ3) is 3.44. The van der Waals surface area contributed by atoms with Crippen molar-refractivity contribution >= 4 is 17.3 Å². The highest BCUT2D eigenvalue weighted by Gasteiger charge is 2.04. The lowest BCUT2D eigenvalue weighted by Crippen LogP contribution is -2.03. The minimum atomic E-state index is 0.495. The van der Waals surface area contributed by atoms with Crippen LogP contribution in [0.25, 0.3) is 0 Å². The van der Waals surface area contributed by atoms with Crippen molar-refractivity contribution in [2.75, 3.05) is 11.1 Å². The molecule has 0 aliphatic rings. The predicted molar refractivity (Wildman–Crippen MR) is 79.6 cm³/mol. The number of nitrogens with two attached hydrogens (primary N) is 1. The normalized spacial score (nSPS) is 10.7. The summed E-state index contributed by atoms with van der Waals surface area (Å²) in [6, 6.07) is 10.1. The number of hydrogen-bond acceptors (Lipinski definition) is 4. The fraction of sp³-hybridized carbons (Fsp3) is 0.333. The number of aromatic nitrogens is 2. The van der Waals surface area contributed by atoms with Crippen molar-refractivity contribution in [3.05, 3.63) is 41.7 Å². The molecule has 2 aromatic rings. The van der Waals surface area contributed by atoms with Crippen LogP contribution in [0.1, 0.15) is 38.1 Å². The predicted octanol–water partition coefficient (Wildman–Crippen LogP) is 3.49. The molecule has 0 saturated carbocycles. The van der Waals surface area contributed by atoms with Crippen LogP contribution < -0.4 is 11.1 Å². The first-order chi connectivity index (χ1) is 9.08. The third-order valence-electron chi connectivity index (χ3n) is 2.93. The topological polar surface area (TPSA) is 63.8 Å². The fourth-order valence-corrected chi connectivity index (χ4v) is 1.86. The van der Waals surface area contributed by atoms with Gasteiger partial charge in [-0.05, 0) is 23.6 Å². The van der Waals surface area contributed by atoms with Gasteiger partial charge < -0.3 is 11.1 Å². The van der Waals surface area contributed by atoms with Crippen molar-refractivity contribution in [2.24, 2.45) is 0 Å². The highest BCUT2D eigenvalue weighted by atomic mass is 15.0. The molecule has 1 heterocycles. The molecule has 0 fully saturated rings. The summed E-state index contributed by atoms with van der Waals surface area (Å²) in [4.78, 5) is 8.59. The molecule has 19 heavy (non-hydrogen) atoms. The zero-order chi connectivity index (χ0) is 13.8. The van der Waals surface area contributed by atoms with Gasteiger partial charge in [0.1, 0.15) is 17.5 Å². The summed E-state index contributed by atoms with van der Waals surface area (Å²) in [6.07, 6.45) is 0.770. The van der Waals surface area contributed by atoms with E-state index in [0.717, 1.165) is 23.8 Å². The molecule has 1 aromatic heterocycles. The lowest BCUT2D eigenvalue weighted by molar-refractivity contribution is 0.867. The molecule has 0 radical (unpaired) electrons. The second-order valence-corrected chi connectivity index (χ2v) is 4.85. The van der Waals surface area contributed by atoms with E-state index >= 15 is 0 Å². The van der Waals surface area contributed by atoms with Gasteiger partial charge in [0.2, 0.25) is 0 Å². The Kier molecular flexibility index (Phi) is 4.00. The van der Waals surface area contributed by atoms with Gasteiger partial charge in [-0.2, -0.15) is 0 Å². The van der Waals surface area contributed by atoms with Gasteiger partial charge in [-0.1, -0.05) is 32.9 Å². The minimum Gasteiger partial charge on any atom is -0.384 e. The summed E-state index contributed by atoms with van der Waals surface area (Å²) in [5.41, 5.74) is 8.09. The molecule has 0 amide bonds. The van der Waals surface area contributed by atoms with Crippen LogP contribution >= 0.6 is 0 Å². The summed E-state index contributed by atoms with van der Waals surface area (Å²) >= 11 is 0. The van der Waals surface area contributed by atoms with E-state index in [4.69, 9.17) is 5.73 Å². The molecule has 3 N–H and O–H groups in total. The Labute approximate surface area is 114 Å². The Morgan fingerprint density at radius 1 is 1.21 bits per heavy atom. The number of hydrogen-bond donors (Lipinski definition) is 2. The molecule has 0 bridgehead atoms. The second-order valence-electron chi connectivity index (χ2n) is 4.85. The van der Waals surface area contributed by atoms with E-state index in [2.05, 4.69) is 41.3 Å². The molecular formula is C15H20N4. The van der Waals surface area contributed by atoms with Crippen LogP contribution in [0.4, 0.5) is 17.3 Å². The van der Waals surface area contributed by atoms with E-state index in [1.54, 1.807) is 6.07 Å². The molecule has 4 nitrogen and oxygen atoms in total. The van der Waals surface area contributed by atoms with E-state index in [-0.39, 0.29) is 0 Å². The fourth-order valence-electron chi connectivity index (χ4n) is 1.86. The number of anilines is 3. The maximum Gasteiger partial charge on any atom is 0.136 e. The van der Waals surface area contributed by atoms with Crippen LogP contribution in [0.3, 0.4) is 0 Å². The van der Waals surface area contributed by atoms with Crippen molar-refractivity contribution in [3.63, 3.8) is 0 Å². The summed E-state index contributed by atoms with van der Waals surface area (Å²) in [5.74, 6) is 2.49. The van der Waals surface area contributed by atoms with Crippen molar-refractivity contribution in [2.45, 2.75) is 33.1 Å². The van der Waals surface area contributed by atoms with Crippen molar-refractivity contribution < 1.29 is 0 Å². The Morgan fingerprint density at radius 3 is 2.68 bits per heavy atom. The molecule has 0 saturated heterocycles. The second kappa shape index (κ2) is 5.69. The molecule has 0 spiro atoms. The molecule has 0 aliphatic heterocycles. The zero-order valence-corrected chi connectivity index (χ0v) is 11.6. The lowest BCUT2D eigenvalue weighted by atomic mass is 10.0. The Balaban J connectivity index is 2.25. The number of nitrogens with zero attached hydrogens (tertiary/aromatic N) is 2.